The van der Waals surface area contributed by atoms with Crippen LogP contribution in [0.3, 0.4) is 0 Å². The molecule has 0 heterocycles. The van der Waals surface area contributed by atoms with Crippen LogP contribution in [0.25, 0.3) is 0 Å². The van der Waals surface area contributed by atoms with Crippen molar-refractivity contribution in [3.63, 3.8) is 0 Å². The summed E-state index contributed by atoms with van der Waals surface area (Å²) in [5.74, 6) is -0.524. The van der Waals surface area contributed by atoms with Gasteiger partial charge in [0.25, 0.3) is 5.91 Å². The minimum atomic E-state index is -0.323. The first-order chi connectivity index (χ1) is 8.65. The monoisotopic (exact) mass is 241 g/mol. The lowest BCUT2D eigenvalue weighted by molar-refractivity contribution is -0.117. The normalized spacial score (nSPS) is 14.8. The van der Waals surface area contributed by atoms with Gasteiger partial charge in [-0.15, -0.1) is 0 Å². The third-order valence-electron chi connectivity index (χ3n) is 2.57. The van der Waals surface area contributed by atoms with Gasteiger partial charge in [0.15, 0.2) is 5.76 Å². The number of hydrogen-bond acceptors (Lipinski definition) is 2. The van der Waals surface area contributed by atoms with Crippen molar-refractivity contribution in [3.05, 3.63) is 59.4 Å². The Bertz CT molecular complexity index is 530. The summed E-state index contributed by atoms with van der Waals surface area (Å²) in [6.45, 7) is 0.409. The fourth-order valence-corrected chi connectivity index (χ4v) is 1.70. The molecule has 0 saturated carbocycles. The smallest absolute Gasteiger partial charge is 0.251 e. The standard InChI is InChI=1S/C14H13N2O2/c15-12-6-11(7-13(17)8-12)14(18)16-9-10-4-2-1-3-5-10/h1-7,15H,8-9H2,(H,16,18). The molecule has 91 valence electrons. The van der Waals surface area contributed by atoms with E-state index >= 15 is 0 Å². The molecule has 1 aliphatic rings. The lowest BCUT2D eigenvalue weighted by Crippen LogP contribution is -2.25. The van der Waals surface area contributed by atoms with Gasteiger partial charge in [-0.3, -0.25) is 9.90 Å². The molecule has 0 spiro atoms. The van der Waals surface area contributed by atoms with E-state index in [4.69, 9.17) is 5.41 Å². The van der Waals surface area contributed by atoms with Gasteiger partial charge < -0.3 is 10.7 Å². The quantitative estimate of drug-likeness (QED) is 0.834. The fraction of sp³-hybridized carbons (Fsp3) is 0.143. The predicted octanol–water partition coefficient (Wildman–Crippen LogP) is 1.97. The summed E-state index contributed by atoms with van der Waals surface area (Å²) in [5, 5.41) is 21.4. The second-order valence-corrected chi connectivity index (χ2v) is 4.08. The number of hydrogen-bond donors (Lipinski definition) is 2. The van der Waals surface area contributed by atoms with E-state index in [1.165, 1.54) is 12.2 Å². The Balaban J connectivity index is 1.99. The van der Waals surface area contributed by atoms with Crippen LogP contribution in [0.4, 0.5) is 0 Å². The van der Waals surface area contributed by atoms with Gasteiger partial charge in [0, 0.05) is 17.8 Å². The van der Waals surface area contributed by atoms with Crippen molar-refractivity contribution >= 4 is 11.6 Å². The molecule has 1 radical (unpaired) electrons. The first kappa shape index (κ1) is 12.1. The van der Waals surface area contributed by atoms with Crippen LogP contribution in [0.5, 0.6) is 0 Å². The maximum Gasteiger partial charge on any atom is 0.251 e. The molecule has 0 fully saturated rings. The Morgan fingerprint density at radius 2 is 1.94 bits per heavy atom. The highest BCUT2D eigenvalue weighted by Crippen LogP contribution is 2.13. The van der Waals surface area contributed by atoms with Crippen LogP contribution in [0, 0.1) is 5.41 Å². The maximum atomic E-state index is 11.8. The van der Waals surface area contributed by atoms with E-state index in [2.05, 4.69) is 5.32 Å². The van der Waals surface area contributed by atoms with Gasteiger partial charge in [0.1, 0.15) is 0 Å². The van der Waals surface area contributed by atoms with Gasteiger partial charge in [-0.05, 0) is 17.7 Å². The first-order valence-corrected chi connectivity index (χ1v) is 5.64. The van der Waals surface area contributed by atoms with E-state index in [1.54, 1.807) is 0 Å². The van der Waals surface area contributed by atoms with Crippen LogP contribution in [0.1, 0.15) is 12.0 Å². The zero-order valence-corrected chi connectivity index (χ0v) is 9.77. The van der Waals surface area contributed by atoms with E-state index in [1.807, 2.05) is 30.3 Å². The lowest BCUT2D eigenvalue weighted by Gasteiger charge is -2.09. The number of carbonyl (C=O) groups is 1. The summed E-state index contributed by atoms with van der Waals surface area (Å²) in [4.78, 5) is 11.8. The molecule has 2 rings (SSSR count). The highest BCUT2D eigenvalue weighted by Gasteiger charge is 2.15. The summed E-state index contributed by atoms with van der Waals surface area (Å²) in [7, 11) is 0. The Kier molecular flexibility index (Phi) is 3.57. The molecule has 4 nitrogen and oxygen atoms in total. The molecule has 1 aliphatic carbocycles. The first-order valence-electron chi connectivity index (χ1n) is 5.64. The molecule has 2 N–H and O–H groups in total. The molecule has 0 aliphatic heterocycles. The van der Waals surface area contributed by atoms with Gasteiger partial charge >= 0.3 is 0 Å². The number of carbonyl (C=O) groups excluding carboxylic acids is 1. The Morgan fingerprint density at radius 3 is 2.61 bits per heavy atom. The van der Waals surface area contributed by atoms with Crippen molar-refractivity contribution in [2.75, 3.05) is 0 Å². The number of nitrogens with one attached hydrogen (secondary N) is 2. The van der Waals surface area contributed by atoms with Crippen LogP contribution in [-0.2, 0) is 16.4 Å². The van der Waals surface area contributed by atoms with E-state index in [0.29, 0.717) is 6.54 Å². The second-order valence-electron chi connectivity index (χ2n) is 4.08. The van der Waals surface area contributed by atoms with Gasteiger partial charge in [-0.25, -0.2) is 0 Å². The number of amides is 1. The van der Waals surface area contributed by atoms with Gasteiger partial charge in [-0.1, -0.05) is 30.3 Å². The second kappa shape index (κ2) is 5.31. The minimum absolute atomic E-state index is 0.0788. The zero-order chi connectivity index (χ0) is 13.0. The number of benzene rings is 1. The van der Waals surface area contributed by atoms with Crippen molar-refractivity contribution in [1.82, 2.24) is 5.32 Å². The average Bonchev–Trinajstić information content (AvgIpc) is 2.36. The number of allylic oxidation sites excluding steroid dienone is 2. The van der Waals surface area contributed by atoms with Crippen molar-refractivity contribution in [3.8, 4) is 0 Å². The lowest BCUT2D eigenvalue weighted by atomic mass is 10.0. The molecule has 0 bridgehead atoms. The molecule has 0 saturated heterocycles. The van der Waals surface area contributed by atoms with Crippen molar-refractivity contribution in [2.45, 2.75) is 13.0 Å². The topological polar surface area (TPSA) is 72.8 Å². The van der Waals surface area contributed by atoms with Crippen LogP contribution < -0.4 is 5.32 Å². The Hall–Kier alpha value is -2.36. The largest absolute Gasteiger partial charge is 0.348 e. The fourth-order valence-electron chi connectivity index (χ4n) is 1.70. The zero-order valence-electron chi connectivity index (χ0n) is 9.77. The third kappa shape index (κ3) is 3.07. The van der Waals surface area contributed by atoms with Gasteiger partial charge in [0.05, 0.1) is 6.42 Å². The molecule has 1 amide bonds. The Morgan fingerprint density at radius 1 is 1.22 bits per heavy atom. The van der Waals surface area contributed by atoms with E-state index < -0.39 is 0 Å². The van der Waals surface area contributed by atoms with Gasteiger partial charge in [-0.2, -0.15) is 0 Å². The summed E-state index contributed by atoms with van der Waals surface area (Å²) in [5.41, 5.74) is 1.42. The molecule has 1 aromatic carbocycles. The van der Waals surface area contributed by atoms with Crippen LogP contribution in [0.2, 0.25) is 0 Å². The highest BCUT2D eigenvalue weighted by atomic mass is 16.3. The third-order valence-corrected chi connectivity index (χ3v) is 2.57. The average molecular weight is 241 g/mol. The van der Waals surface area contributed by atoms with Crippen LogP contribution >= 0.6 is 0 Å². The Labute approximate surface area is 105 Å². The summed E-state index contributed by atoms with van der Waals surface area (Å²) >= 11 is 0. The maximum absolute atomic E-state index is 11.8. The van der Waals surface area contributed by atoms with Crippen molar-refractivity contribution in [2.24, 2.45) is 0 Å². The molecule has 4 heteroatoms. The molecule has 1 aromatic rings. The van der Waals surface area contributed by atoms with Crippen molar-refractivity contribution in [1.29, 1.82) is 5.41 Å². The predicted molar refractivity (Wildman–Crippen MR) is 67.5 cm³/mol. The molecule has 0 aromatic heterocycles. The van der Waals surface area contributed by atoms with Crippen LogP contribution in [-0.4, -0.2) is 11.6 Å². The van der Waals surface area contributed by atoms with Gasteiger partial charge in [0.2, 0.25) is 0 Å². The highest BCUT2D eigenvalue weighted by molar-refractivity contribution is 6.06. The molecule has 0 unspecified atom stereocenters. The summed E-state index contributed by atoms with van der Waals surface area (Å²) in [6.07, 6.45) is 2.80. The summed E-state index contributed by atoms with van der Waals surface area (Å²) in [6, 6.07) is 9.51. The molecular formula is C14H13N2O2. The molecule has 18 heavy (non-hydrogen) atoms. The SMILES string of the molecule is N=C1C=C(C(=O)NCc2ccccc2)C=C([O])C1. The molecule has 0 atom stereocenters. The molecular weight excluding hydrogens is 228 g/mol. The summed E-state index contributed by atoms with van der Waals surface area (Å²) < 4.78 is 0. The van der Waals surface area contributed by atoms with Crippen LogP contribution in [0.15, 0.2) is 53.8 Å². The van der Waals surface area contributed by atoms with E-state index in [0.717, 1.165) is 5.56 Å². The van der Waals surface area contributed by atoms with E-state index in [9.17, 15) is 9.90 Å². The van der Waals surface area contributed by atoms with Crippen molar-refractivity contribution < 1.29 is 9.90 Å². The van der Waals surface area contributed by atoms with E-state index in [-0.39, 0.29) is 29.4 Å². The minimum Gasteiger partial charge on any atom is -0.348 e. The number of rotatable bonds is 3.